The molecule has 96 valence electrons. The number of rotatable bonds is 1. The van der Waals surface area contributed by atoms with E-state index in [9.17, 15) is 0 Å². The number of H-pyrrole nitrogens is 1. The van der Waals surface area contributed by atoms with Crippen LogP contribution in [0.15, 0.2) is 10.5 Å². The van der Waals surface area contributed by atoms with E-state index in [2.05, 4.69) is 30.9 Å². The van der Waals surface area contributed by atoms with Crippen LogP contribution in [0.1, 0.15) is 31.5 Å². The maximum Gasteiger partial charge on any atom is 0.178 e. The summed E-state index contributed by atoms with van der Waals surface area (Å²) in [5, 5.41) is 0. The molecule has 0 spiro atoms. The van der Waals surface area contributed by atoms with Crippen molar-refractivity contribution in [1.82, 2.24) is 15.0 Å². The minimum atomic E-state index is -0.548. The Hall–Kier alpha value is -0.980. The van der Waals surface area contributed by atoms with Crippen LogP contribution in [0, 0.1) is 6.92 Å². The zero-order valence-corrected chi connectivity index (χ0v) is 12.0. The number of aromatic amines is 1. The maximum atomic E-state index is 5.77. The summed E-state index contributed by atoms with van der Waals surface area (Å²) in [4.78, 5) is 12.1. The number of ether oxygens (including phenoxy) is 2. The molecule has 6 heteroatoms. The van der Waals surface area contributed by atoms with Gasteiger partial charge in [-0.1, -0.05) is 0 Å². The van der Waals surface area contributed by atoms with Gasteiger partial charge in [-0.15, -0.1) is 0 Å². The number of imidazole rings is 1. The number of nitrogens with zero attached hydrogens (tertiary/aromatic N) is 2. The molecule has 1 atom stereocenters. The highest BCUT2D eigenvalue weighted by atomic mass is 79.9. The van der Waals surface area contributed by atoms with Crippen molar-refractivity contribution in [3.63, 3.8) is 0 Å². The van der Waals surface area contributed by atoms with E-state index >= 15 is 0 Å². The first-order chi connectivity index (χ1) is 8.44. The van der Waals surface area contributed by atoms with E-state index < -0.39 is 5.79 Å². The lowest BCUT2D eigenvalue weighted by atomic mass is 10.3. The van der Waals surface area contributed by atoms with Gasteiger partial charge in [0.1, 0.15) is 11.9 Å². The van der Waals surface area contributed by atoms with Gasteiger partial charge in [-0.2, -0.15) is 0 Å². The molecule has 1 saturated heterocycles. The fourth-order valence-corrected chi connectivity index (χ4v) is 2.32. The third kappa shape index (κ3) is 2.04. The van der Waals surface area contributed by atoms with E-state index in [1.54, 1.807) is 0 Å². The van der Waals surface area contributed by atoms with Crippen molar-refractivity contribution in [1.29, 1.82) is 0 Å². The van der Waals surface area contributed by atoms with Crippen LogP contribution >= 0.6 is 15.9 Å². The van der Waals surface area contributed by atoms with Gasteiger partial charge in [0.25, 0.3) is 0 Å². The van der Waals surface area contributed by atoms with Crippen molar-refractivity contribution in [2.75, 3.05) is 6.61 Å². The standard InChI is InChI=1S/C12H14BrN3O2/c1-6-7(13)4-8-10(14-6)16-11(15-8)9-5-17-12(2,3)18-9/h4,9H,5H2,1-3H3,(H,14,15,16). The van der Waals surface area contributed by atoms with Crippen molar-refractivity contribution in [2.24, 2.45) is 0 Å². The second kappa shape index (κ2) is 4.01. The highest BCUT2D eigenvalue weighted by molar-refractivity contribution is 9.10. The molecule has 0 bridgehead atoms. The fourth-order valence-electron chi connectivity index (χ4n) is 2.00. The lowest BCUT2D eigenvalue weighted by Crippen LogP contribution is -2.19. The number of fused-ring (bicyclic) bond motifs is 1. The lowest BCUT2D eigenvalue weighted by molar-refractivity contribution is -0.139. The summed E-state index contributed by atoms with van der Waals surface area (Å²) in [6.07, 6.45) is -0.159. The Kier molecular flexibility index (Phi) is 2.69. The van der Waals surface area contributed by atoms with Crippen molar-refractivity contribution in [2.45, 2.75) is 32.7 Å². The van der Waals surface area contributed by atoms with Crippen LogP contribution < -0.4 is 0 Å². The molecule has 2 aromatic rings. The lowest BCUT2D eigenvalue weighted by Gasteiger charge is -2.15. The van der Waals surface area contributed by atoms with E-state index in [0.29, 0.717) is 12.3 Å². The summed E-state index contributed by atoms with van der Waals surface area (Å²) < 4.78 is 12.3. The minimum Gasteiger partial charge on any atom is -0.347 e. The van der Waals surface area contributed by atoms with Crippen LogP contribution in [0.4, 0.5) is 0 Å². The molecule has 0 saturated carbocycles. The van der Waals surface area contributed by atoms with Crippen molar-refractivity contribution in [3.05, 3.63) is 22.1 Å². The van der Waals surface area contributed by atoms with Crippen LogP contribution in [0.2, 0.25) is 0 Å². The quantitative estimate of drug-likeness (QED) is 0.879. The van der Waals surface area contributed by atoms with Gasteiger partial charge in [0.05, 0.1) is 17.8 Å². The van der Waals surface area contributed by atoms with Crippen molar-refractivity contribution < 1.29 is 9.47 Å². The number of aromatic nitrogens is 3. The number of halogens is 1. The van der Waals surface area contributed by atoms with Crippen molar-refractivity contribution in [3.8, 4) is 0 Å². The molecule has 1 aliphatic heterocycles. The van der Waals surface area contributed by atoms with Gasteiger partial charge < -0.3 is 14.5 Å². The maximum absolute atomic E-state index is 5.77. The molecule has 0 radical (unpaired) electrons. The first-order valence-corrected chi connectivity index (χ1v) is 6.58. The van der Waals surface area contributed by atoms with E-state index in [1.165, 1.54) is 0 Å². The minimum absolute atomic E-state index is 0.159. The fraction of sp³-hybridized carbons (Fsp3) is 0.500. The monoisotopic (exact) mass is 311 g/mol. The Morgan fingerprint density at radius 2 is 2.22 bits per heavy atom. The van der Waals surface area contributed by atoms with Gasteiger partial charge in [0.15, 0.2) is 11.4 Å². The van der Waals surface area contributed by atoms with E-state index in [1.807, 2.05) is 26.8 Å². The molecule has 3 rings (SSSR count). The second-order valence-corrected chi connectivity index (χ2v) is 5.72. The Labute approximate surface area is 113 Å². The zero-order chi connectivity index (χ0) is 12.9. The van der Waals surface area contributed by atoms with Gasteiger partial charge in [-0.3, -0.25) is 0 Å². The van der Waals surface area contributed by atoms with E-state index in [4.69, 9.17) is 9.47 Å². The van der Waals surface area contributed by atoms with E-state index in [-0.39, 0.29) is 6.10 Å². The molecular formula is C12H14BrN3O2. The second-order valence-electron chi connectivity index (χ2n) is 4.87. The molecule has 18 heavy (non-hydrogen) atoms. The summed E-state index contributed by atoms with van der Waals surface area (Å²) in [5.41, 5.74) is 2.53. The smallest absolute Gasteiger partial charge is 0.178 e. The molecule has 3 heterocycles. The average molecular weight is 312 g/mol. The summed E-state index contributed by atoms with van der Waals surface area (Å²) >= 11 is 3.46. The molecule has 5 nitrogen and oxygen atoms in total. The van der Waals surface area contributed by atoms with Gasteiger partial charge in [0.2, 0.25) is 0 Å². The van der Waals surface area contributed by atoms with Gasteiger partial charge >= 0.3 is 0 Å². The molecular weight excluding hydrogens is 298 g/mol. The molecule has 0 amide bonds. The Bertz CT molecular complexity index is 570. The number of hydrogen-bond acceptors (Lipinski definition) is 4. The molecule has 0 aliphatic carbocycles. The first-order valence-electron chi connectivity index (χ1n) is 5.79. The number of aryl methyl sites for hydroxylation is 1. The van der Waals surface area contributed by atoms with Gasteiger partial charge in [0, 0.05) is 4.47 Å². The van der Waals surface area contributed by atoms with Crippen LogP contribution in [-0.2, 0) is 9.47 Å². The Balaban J connectivity index is 1.99. The molecule has 1 unspecified atom stereocenters. The molecule has 1 aliphatic rings. The zero-order valence-electron chi connectivity index (χ0n) is 10.5. The number of nitrogens with one attached hydrogen (secondary N) is 1. The van der Waals surface area contributed by atoms with Crippen LogP contribution in [0.25, 0.3) is 11.2 Å². The number of hydrogen-bond donors (Lipinski definition) is 1. The molecule has 2 aromatic heterocycles. The SMILES string of the molecule is Cc1nc2nc(C3COC(C)(C)O3)[nH]c2cc1Br. The largest absolute Gasteiger partial charge is 0.347 e. The summed E-state index contributed by atoms with van der Waals surface area (Å²) in [6.45, 7) is 6.24. The molecule has 1 N–H and O–H groups in total. The predicted octanol–water partition coefficient (Wildman–Crippen LogP) is 2.85. The van der Waals surface area contributed by atoms with E-state index in [0.717, 1.165) is 21.5 Å². The summed E-state index contributed by atoms with van der Waals surface area (Å²) in [6, 6.07) is 1.98. The Morgan fingerprint density at radius 1 is 1.44 bits per heavy atom. The third-order valence-corrected chi connectivity index (χ3v) is 3.74. The topological polar surface area (TPSA) is 60.0 Å². The van der Waals surface area contributed by atoms with Crippen LogP contribution in [0.5, 0.6) is 0 Å². The molecule has 1 fully saturated rings. The summed E-state index contributed by atoms with van der Waals surface area (Å²) in [5.74, 6) is 0.216. The first kappa shape index (κ1) is 12.1. The molecule has 0 aromatic carbocycles. The predicted molar refractivity (Wildman–Crippen MR) is 70.2 cm³/mol. The number of pyridine rings is 1. The van der Waals surface area contributed by atoms with Crippen LogP contribution in [0.3, 0.4) is 0 Å². The average Bonchev–Trinajstić information content (AvgIpc) is 2.82. The van der Waals surface area contributed by atoms with Crippen LogP contribution in [-0.4, -0.2) is 27.3 Å². The highest BCUT2D eigenvalue weighted by Gasteiger charge is 2.35. The Morgan fingerprint density at radius 3 is 2.89 bits per heavy atom. The van der Waals surface area contributed by atoms with Crippen molar-refractivity contribution >= 4 is 27.1 Å². The van der Waals surface area contributed by atoms with Gasteiger partial charge in [-0.25, -0.2) is 9.97 Å². The van der Waals surface area contributed by atoms with Gasteiger partial charge in [-0.05, 0) is 42.8 Å². The highest BCUT2D eigenvalue weighted by Crippen LogP contribution is 2.32. The summed E-state index contributed by atoms with van der Waals surface area (Å²) in [7, 11) is 0. The third-order valence-electron chi connectivity index (χ3n) is 2.93. The normalized spacial score (nSPS) is 22.8.